The van der Waals surface area contributed by atoms with Crippen molar-refractivity contribution in [1.82, 2.24) is 4.98 Å². The van der Waals surface area contributed by atoms with E-state index in [0.717, 1.165) is 21.1 Å². The summed E-state index contributed by atoms with van der Waals surface area (Å²) in [5.74, 6) is 1.07. The van der Waals surface area contributed by atoms with E-state index < -0.39 is 6.10 Å². The van der Waals surface area contributed by atoms with Gasteiger partial charge in [-0.1, -0.05) is 6.92 Å². The van der Waals surface area contributed by atoms with Gasteiger partial charge < -0.3 is 14.2 Å². The Kier molecular flexibility index (Phi) is 6.37. The number of ketones is 1. The number of carbonyl (C=O) groups is 2. The number of anilines is 1. The minimum absolute atomic E-state index is 0.132. The van der Waals surface area contributed by atoms with Crippen LogP contribution in [-0.2, 0) is 4.79 Å². The molecule has 1 aliphatic heterocycles. The van der Waals surface area contributed by atoms with E-state index in [4.69, 9.17) is 14.2 Å². The normalized spacial score (nSPS) is 15.1. The van der Waals surface area contributed by atoms with Crippen LogP contribution in [0.5, 0.6) is 17.2 Å². The first-order valence-electron chi connectivity index (χ1n) is 10.7. The monoisotopic (exact) mass is 466 g/mol. The summed E-state index contributed by atoms with van der Waals surface area (Å²) in [6.45, 7) is 5.74. The second-order valence-corrected chi connectivity index (χ2v) is 9.16. The van der Waals surface area contributed by atoms with E-state index >= 15 is 0 Å². The smallest absolute Gasteiger partial charge is 0.268 e. The molecule has 1 atom stereocenters. The molecule has 172 valence electrons. The number of carbonyl (C=O) groups excluding carboxylic acids is 2. The number of aryl methyl sites for hydroxylation is 2. The summed E-state index contributed by atoms with van der Waals surface area (Å²) in [5.41, 5.74) is 2.69. The quantitative estimate of drug-likeness (QED) is 0.464. The van der Waals surface area contributed by atoms with Crippen molar-refractivity contribution >= 4 is 28.7 Å². The topological polar surface area (TPSA) is 78.0 Å². The first kappa shape index (κ1) is 22.8. The molecule has 1 amide bonds. The van der Waals surface area contributed by atoms with Crippen molar-refractivity contribution in [2.45, 2.75) is 33.3 Å². The molecule has 0 N–H and O–H groups in total. The zero-order valence-corrected chi connectivity index (χ0v) is 20.1. The van der Waals surface area contributed by atoms with Crippen molar-refractivity contribution in [2.75, 3.05) is 25.7 Å². The number of amides is 1. The third-order valence-electron chi connectivity index (χ3n) is 5.62. The number of hydrogen-bond donors (Lipinski definition) is 0. The van der Waals surface area contributed by atoms with Crippen LogP contribution in [0.15, 0.2) is 36.4 Å². The van der Waals surface area contributed by atoms with E-state index in [9.17, 15) is 9.59 Å². The zero-order chi connectivity index (χ0) is 23.7. The average Bonchev–Trinajstić information content (AvgIpc) is 3.17. The van der Waals surface area contributed by atoms with Crippen LogP contribution in [0.3, 0.4) is 0 Å². The van der Waals surface area contributed by atoms with Crippen molar-refractivity contribution in [3.8, 4) is 28.5 Å². The first-order valence-corrected chi connectivity index (χ1v) is 11.5. The lowest BCUT2D eigenvalue weighted by molar-refractivity contribution is -0.126. The Hall–Kier alpha value is -3.39. The molecule has 3 aromatic rings. The van der Waals surface area contributed by atoms with Crippen LogP contribution in [0.25, 0.3) is 11.3 Å². The van der Waals surface area contributed by atoms with E-state index in [-0.39, 0.29) is 18.2 Å². The molecule has 0 radical (unpaired) electrons. The lowest BCUT2D eigenvalue weighted by atomic mass is 10.0. The Balaban J connectivity index is 1.73. The molecule has 0 saturated carbocycles. The number of methoxy groups -OCH3 is 2. The summed E-state index contributed by atoms with van der Waals surface area (Å²) in [6, 6.07) is 10.7. The van der Waals surface area contributed by atoms with E-state index in [2.05, 4.69) is 4.98 Å². The predicted molar refractivity (Wildman–Crippen MR) is 128 cm³/mol. The van der Waals surface area contributed by atoms with Gasteiger partial charge in [0.25, 0.3) is 5.91 Å². The van der Waals surface area contributed by atoms with Crippen molar-refractivity contribution in [2.24, 2.45) is 0 Å². The lowest BCUT2D eigenvalue weighted by Gasteiger charge is -2.34. The molecule has 8 heteroatoms. The lowest BCUT2D eigenvalue weighted by Crippen LogP contribution is -2.47. The predicted octanol–water partition coefficient (Wildman–Crippen LogP) is 4.83. The number of fused-ring (bicyclic) bond motifs is 1. The molecular weight excluding hydrogens is 440 g/mol. The number of benzene rings is 2. The molecule has 0 aliphatic carbocycles. The van der Waals surface area contributed by atoms with Crippen molar-refractivity contribution in [1.29, 1.82) is 0 Å². The van der Waals surface area contributed by atoms with Crippen LogP contribution in [0.1, 0.15) is 33.6 Å². The maximum Gasteiger partial charge on any atom is 0.268 e. The Morgan fingerprint density at radius 2 is 1.94 bits per heavy atom. The molecular formula is C25H26N2O5S. The first-order chi connectivity index (χ1) is 15.9. The van der Waals surface area contributed by atoms with Gasteiger partial charge in [-0.15, -0.1) is 11.3 Å². The van der Waals surface area contributed by atoms with E-state index in [1.807, 2.05) is 39.0 Å². The van der Waals surface area contributed by atoms with Gasteiger partial charge >= 0.3 is 0 Å². The second kappa shape index (κ2) is 9.23. The molecule has 0 bridgehead atoms. The van der Waals surface area contributed by atoms with Crippen LogP contribution >= 0.6 is 11.3 Å². The molecule has 0 fully saturated rings. The third-order valence-corrected chi connectivity index (χ3v) is 6.51. The maximum absolute atomic E-state index is 13.3. The average molecular weight is 467 g/mol. The highest BCUT2D eigenvalue weighted by Gasteiger charge is 2.35. The van der Waals surface area contributed by atoms with Crippen molar-refractivity contribution < 1.29 is 23.8 Å². The van der Waals surface area contributed by atoms with Crippen LogP contribution in [0.4, 0.5) is 5.69 Å². The number of ether oxygens (including phenoxy) is 3. The van der Waals surface area contributed by atoms with Gasteiger partial charge in [0.05, 0.1) is 42.7 Å². The van der Waals surface area contributed by atoms with Gasteiger partial charge in [-0.2, -0.15) is 0 Å². The van der Waals surface area contributed by atoms with Crippen LogP contribution in [0.2, 0.25) is 0 Å². The Labute approximate surface area is 196 Å². The molecule has 1 aliphatic rings. The summed E-state index contributed by atoms with van der Waals surface area (Å²) >= 11 is 1.62. The summed E-state index contributed by atoms with van der Waals surface area (Å²) in [7, 11) is 3.05. The highest BCUT2D eigenvalue weighted by molar-refractivity contribution is 7.11. The fourth-order valence-corrected chi connectivity index (χ4v) is 4.79. The van der Waals surface area contributed by atoms with Crippen LogP contribution in [0, 0.1) is 13.8 Å². The highest BCUT2D eigenvalue weighted by atomic mass is 32.1. The number of rotatable bonds is 7. The van der Waals surface area contributed by atoms with Gasteiger partial charge in [-0.3, -0.25) is 14.5 Å². The molecule has 2 aromatic carbocycles. The number of hydrogen-bond acceptors (Lipinski definition) is 7. The molecule has 2 heterocycles. The van der Waals surface area contributed by atoms with Gasteiger partial charge in [0.2, 0.25) is 0 Å². The molecule has 0 spiro atoms. The fourth-order valence-electron chi connectivity index (χ4n) is 3.95. The number of thiazole rings is 1. The van der Waals surface area contributed by atoms with Crippen molar-refractivity contribution in [3.05, 3.63) is 51.8 Å². The molecule has 4 rings (SSSR count). The number of aromatic nitrogens is 1. The minimum atomic E-state index is -0.642. The van der Waals surface area contributed by atoms with Gasteiger partial charge in [0.15, 0.2) is 11.9 Å². The summed E-state index contributed by atoms with van der Waals surface area (Å²) in [4.78, 5) is 33.8. The minimum Gasteiger partial charge on any atom is -0.497 e. The van der Waals surface area contributed by atoms with Gasteiger partial charge in [0.1, 0.15) is 17.2 Å². The summed E-state index contributed by atoms with van der Waals surface area (Å²) in [5, 5.41) is 0.970. The van der Waals surface area contributed by atoms with Crippen molar-refractivity contribution in [3.63, 3.8) is 0 Å². The molecule has 7 nitrogen and oxygen atoms in total. The Morgan fingerprint density at radius 3 is 2.58 bits per heavy atom. The molecule has 1 aromatic heterocycles. The van der Waals surface area contributed by atoms with E-state index in [1.165, 1.54) is 12.0 Å². The van der Waals surface area contributed by atoms with Crippen LogP contribution in [-0.4, -0.2) is 43.5 Å². The fraction of sp³-hybridized carbons (Fsp3) is 0.320. The maximum atomic E-state index is 13.3. The number of nitrogens with zero attached hydrogens (tertiary/aromatic N) is 2. The Bertz CT molecular complexity index is 1220. The highest BCUT2D eigenvalue weighted by Crippen LogP contribution is 2.39. The van der Waals surface area contributed by atoms with Gasteiger partial charge in [0, 0.05) is 16.5 Å². The van der Waals surface area contributed by atoms with E-state index in [1.54, 1.807) is 36.6 Å². The third kappa shape index (κ3) is 4.30. The van der Waals surface area contributed by atoms with Crippen LogP contribution < -0.4 is 19.1 Å². The SMILES string of the molecule is CCC1Oc2ccc(-c3nc(C)sc3C)cc2N(CC(=O)c2ccc(OC)cc2OC)C1=O. The zero-order valence-electron chi connectivity index (χ0n) is 19.3. The molecule has 1 unspecified atom stereocenters. The largest absolute Gasteiger partial charge is 0.497 e. The van der Waals surface area contributed by atoms with Gasteiger partial charge in [-0.25, -0.2) is 4.98 Å². The summed E-state index contributed by atoms with van der Waals surface area (Å²) < 4.78 is 16.6. The summed E-state index contributed by atoms with van der Waals surface area (Å²) in [6.07, 6.45) is -0.141. The number of Topliss-reactive ketones (excluding diaryl/α,β-unsaturated/α-hetero) is 1. The molecule has 33 heavy (non-hydrogen) atoms. The Morgan fingerprint density at radius 1 is 1.15 bits per heavy atom. The molecule has 0 saturated heterocycles. The standard InChI is InChI=1S/C25H26N2O5S/c1-6-21-25(29)27(13-20(28)18-9-8-17(30-4)12-23(18)31-5)19-11-16(7-10-22(19)32-21)24-14(2)33-15(3)26-24/h7-12,21H,6,13H2,1-5H3. The van der Waals surface area contributed by atoms with Gasteiger partial charge in [-0.05, 0) is 50.6 Å². The van der Waals surface area contributed by atoms with E-state index in [0.29, 0.717) is 34.9 Å². The second-order valence-electron chi connectivity index (χ2n) is 7.75.